The predicted molar refractivity (Wildman–Crippen MR) is 82.8 cm³/mol. The molecule has 1 heterocycles. The average molecular weight is 279 g/mol. The molecule has 2 aliphatic carbocycles. The Morgan fingerprint density at radius 3 is 2.63 bits per heavy atom. The Balaban J connectivity index is 1.82. The van der Waals surface area contributed by atoms with Crippen LogP contribution in [-0.2, 0) is 6.42 Å². The Labute approximate surface area is 120 Å². The van der Waals surface area contributed by atoms with Crippen molar-refractivity contribution < 1.29 is 0 Å². The summed E-state index contributed by atoms with van der Waals surface area (Å²) in [5.41, 5.74) is 7.55. The monoisotopic (exact) mass is 279 g/mol. The summed E-state index contributed by atoms with van der Waals surface area (Å²) >= 11 is 1.98. The normalized spacial score (nSPS) is 20.3. The number of aryl methyl sites for hydroxylation is 1. The molecule has 0 atom stereocenters. The quantitative estimate of drug-likeness (QED) is 0.806. The molecule has 19 heavy (non-hydrogen) atoms. The third kappa shape index (κ3) is 2.78. The molecule has 2 saturated carbocycles. The van der Waals surface area contributed by atoms with Gasteiger partial charge >= 0.3 is 0 Å². The van der Waals surface area contributed by atoms with Gasteiger partial charge in [0.2, 0.25) is 0 Å². The van der Waals surface area contributed by atoms with Gasteiger partial charge in [-0.2, -0.15) is 11.8 Å². The van der Waals surface area contributed by atoms with Crippen LogP contribution < -0.4 is 5.73 Å². The van der Waals surface area contributed by atoms with E-state index in [-0.39, 0.29) is 0 Å². The maximum Gasteiger partial charge on any atom is 0.127 e. The van der Waals surface area contributed by atoms with Gasteiger partial charge < -0.3 is 10.3 Å². The lowest BCUT2D eigenvalue weighted by atomic mass is 10.1. The molecule has 2 N–H and O–H groups in total. The molecule has 106 valence electrons. The molecule has 0 amide bonds. The highest BCUT2D eigenvalue weighted by atomic mass is 32.2. The lowest BCUT2D eigenvalue weighted by Gasteiger charge is -2.12. The van der Waals surface area contributed by atoms with Crippen LogP contribution in [0.4, 0.5) is 5.82 Å². The number of nitrogens with two attached hydrogens (primary N) is 1. The molecule has 0 unspecified atom stereocenters. The Hall–Kier alpha value is -0.640. The number of hydrogen-bond donors (Lipinski definition) is 1. The van der Waals surface area contributed by atoms with E-state index in [4.69, 9.17) is 10.7 Å². The highest BCUT2D eigenvalue weighted by Gasteiger charge is 2.33. The van der Waals surface area contributed by atoms with Gasteiger partial charge in [0.15, 0.2) is 0 Å². The van der Waals surface area contributed by atoms with E-state index in [1.165, 1.54) is 50.1 Å². The summed E-state index contributed by atoms with van der Waals surface area (Å²) in [6.07, 6.45) is 8.97. The van der Waals surface area contributed by atoms with E-state index >= 15 is 0 Å². The number of rotatable bonds is 6. The fourth-order valence-corrected chi connectivity index (χ4v) is 3.82. The zero-order chi connectivity index (χ0) is 13.2. The molecule has 2 fully saturated rings. The summed E-state index contributed by atoms with van der Waals surface area (Å²) < 4.78 is 2.39. The van der Waals surface area contributed by atoms with E-state index < -0.39 is 0 Å². The Bertz CT molecular complexity index is 431. The van der Waals surface area contributed by atoms with Crippen molar-refractivity contribution in [1.29, 1.82) is 0 Å². The molecule has 2 aliphatic rings. The molecule has 4 heteroatoms. The van der Waals surface area contributed by atoms with Crippen molar-refractivity contribution in [3.8, 4) is 0 Å². The zero-order valence-electron chi connectivity index (χ0n) is 11.9. The first kappa shape index (κ1) is 13.3. The topological polar surface area (TPSA) is 43.8 Å². The zero-order valence-corrected chi connectivity index (χ0v) is 12.7. The molecule has 3 rings (SSSR count). The van der Waals surface area contributed by atoms with Crippen molar-refractivity contribution in [3.63, 3.8) is 0 Å². The summed E-state index contributed by atoms with van der Waals surface area (Å²) in [7, 11) is 0. The lowest BCUT2D eigenvalue weighted by molar-refractivity contribution is 0.596. The Morgan fingerprint density at radius 2 is 2.00 bits per heavy atom. The molecule has 1 aromatic heterocycles. The van der Waals surface area contributed by atoms with Gasteiger partial charge in [-0.05, 0) is 37.2 Å². The first-order valence-electron chi connectivity index (χ1n) is 7.75. The molecule has 1 aromatic rings. The second kappa shape index (κ2) is 5.78. The van der Waals surface area contributed by atoms with Gasteiger partial charge in [-0.25, -0.2) is 4.98 Å². The van der Waals surface area contributed by atoms with Crippen LogP contribution in [0.2, 0.25) is 0 Å². The Morgan fingerprint density at radius 1 is 1.26 bits per heavy atom. The summed E-state index contributed by atoms with van der Waals surface area (Å²) in [6.45, 7) is 2.21. The number of imidazole rings is 1. The largest absolute Gasteiger partial charge is 0.384 e. The number of aromatic nitrogens is 2. The van der Waals surface area contributed by atoms with E-state index in [0.29, 0.717) is 12.0 Å². The van der Waals surface area contributed by atoms with Crippen LogP contribution in [0.5, 0.6) is 0 Å². The van der Waals surface area contributed by atoms with Crippen LogP contribution in [0.15, 0.2) is 0 Å². The number of nitrogen functional groups attached to an aromatic ring is 1. The van der Waals surface area contributed by atoms with Gasteiger partial charge in [0.25, 0.3) is 0 Å². The van der Waals surface area contributed by atoms with E-state index in [9.17, 15) is 0 Å². The third-order valence-corrected chi connectivity index (χ3v) is 5.27. The molecule has 0 aromatic carbocycles. The molecule has 0 saturated heterocycles. The molecule has 3 nitrogen and oxygen atoms in total. The number of nitrogens with zero attached hydrogens (tertiary/aromatic N) is 2. The highest BCUT2D eigenvalue weighted by molar-refractivity contribution is 7.99. The second-order valence-corrected chi connectivity index (χ2v) is 7.23. The number of hydrogen-bond acceptors (Lipinski definition) is 3. The van der Waals surface area contributed by atoms with E-state index in [1.807, 2.05) is 11.8 Å². The lowest BCUT2D eigenvalue weighted by Crippen LogP contribution is -2.08. The summed E-state index contributed by atoms with van der Waals surface area (Å²) in [4.78, 5) is 4.95. The van der Waals surface area contributed by atoms with Crippen LogP contribution in [0, 0.1) is 0 Å². The first-order valence-corrected chi connectivity index (χ1v) is 8.91. The van der Waals surface area contributed by atoms with Crippen LogP contribution in [0.25, 0.3) is 0 Å². The first-order chi connectivity index (χ1) is 9.31. The fraction of sp³-hybridized carbons (Fsp3) is 0.800. The number of thioether (sulfide) groups is 1. The van der Waals surface area contributed by atoms with Crippen molar-refractivity contribution >= 4 is 17.6 Å². The summed E-state index contributed by atoms with van der Waals surface area (Å²) in [5, 5.41) is 0. The van der Waals surface area contributed by atoms with Crippen molar-refractivity contribution in [3.05, 3.63) is 11.5 Å². The second-order valence-electron chi connectivity index (χ2n) is 5.83. The molecular weight excluding hydrogens is 254 g/mol. The van der Waals surface area contributed by atoms with Gasteiger partial charge in [0.1, 0.15) is 11.6 Å². The van der Waals surface area contributed by atoms with Gasteiger partial charge in [0.05, 0.1) is 5.69 Å². The summed E-state index contributed by atoms with van der Waals surface area (Å²) in [6, 6.07) is 0.663. The van der Waals surface area contributed by atoms with E-state index in [2.05, 4.69) is 11.5 Å². The minimum Gasteiger partial charge on any atom is -0.384 e. The Kier molecular flexibility index (Phi) is 4.06. The van der Waals surface area contributed by atoms with Crippen molar-refractivity contribution in [1.82, 2.24) is 9.55 Å². The van der Waals surface area contributed by atoms with Crippen LogP contribution >= 0.6 is 11.8 Å². The summed E-state index contributed by atoms with van der Waals surface area (Å²) in [5.74, 6) is 5.29. The molecular formula is C15H25N3S. The van der Waals surface area contributed by atoms with Gasteiger partial charge in [-0.15, -0.1) is 0 Å². The van der Waals surface area contributed by atoms with Crippen molar-refractivity contribution in [2.24, 2.45) is 0 Å². The van der Waals surface area contributed by atoms with Crippen LogP contribution in [-0.4, -0.2) is 21.1 Å². The van der Waals surface area contributed by atoms with Crippen molar-refractivity contribution in [2.75, 3.05) is 17.2 Å². The fourth-order valence-electron chi connectivity index (χ4n) is 3.20. The predicted octanol–water partition coefficient (Wildman–Crippen LogP) is 3.75. The highest BCUT2D eigenvalue weighted by Crippen LogP contribution is 2.43. The number of anilines is 1. The molecule has 0 spiro atoms. The van der Waals surface area contributed by atoms with Gasteiger partial charge in [-0.3, -0.25) is 0 Å². The SMILES string of the molecule is CCSCCc1nc(C2CCCC2)n(C2CC2)c1N. The van der Waals surface area contributed by atoms with Gasteiger partial charge in [-0.1, -0.05) is 19.8 Å². The smallest absolute Gasteiger partial charge is 0.127 e. The molecule has 0 bridgehead atoms. The van der Waals surface area contributed by atoms with E-state index in [0.717, 1.165) is 23.7 Å². The van der Waals surface area contributed by atoms with E-state index in [1.54, 1.807) is 0 Å². The van der Waals surface area contributed by atoms with Crippen molar-refractivity contribution in [2.45, 2.75) is 63.8 Å². The van der Waals surface area contributed by atoms with Gasteiger partial charge in [0, 0.05) is 18.4 Å². The molecule has 0 radical (unpaired) electrons. The minimum absolute atomic E-state index is 0.663. The molecule has 0 aliphatic heterocycles. The maximum atomic E-state index is 6.39. The average Bonchev–Trinajstić information content (AvgIpc) is 2.99. The third-order valence-electron chi connectivity index (χ3n) is 4.37. The maximum absolute atomic E-state index is 6.39. The van der Waals surface area contributed by atoms with Crippen LogP contribution in [0.1, 0.15) is 68.9 Å². The standard InChI is InChI=1S/C15H25N3S/c1-2-19-10-9-13-14(16)18(12-7-8-12)15(17-13)11-5-3-4-6-11/h11-12H,2-10,16H2,1H3. The minimum atomic E-state index is 0.663. The van der Waals surface area contributed by atoms with Crippen LogP contribution in [0.3, 0.4) is 0 Å².